The molecular weight excluding hydrogens is 1010 g/mol. The zero-order chi connectivity index (χ0) is 53.0. The van der Waals surface area contributed by atoms with Gasteiger partial charge in [-0.2, -0.15) is 0 Å². The predicted molar refractivity (Wildman–Crippen MR) is 298 cm³/mol. The summed E-state index contributed by atoms with van der Waals surface area (Å²) in [6.45, 7) is 1.74. The lowest BCUT2D eigenvalue weighted by Gasteiger charge is -2.39. The van der Waals surface area contributed by atoms with Gasteiger partial charge < -0.3 is 65.8 Å². The van der Waals surface area contributed by atoms with Crippen molar-refractivity contribution in [3.05, 3.63) is 92.7 Å². The molecule has 9 N–H and O–H groups in total. The second kappa shape index (κ2) is 22.1. The van der Waals surface area contributed by atoms with Crippen LogP contribution in [0, 0.1) is 47.4 Å². The van der Waals surface area contributed by atoms with Crippen LogP contribution in [0.1, 0.15) is 122 Å². The number of phenolic OH excluding ortho intramolecular Hbond substituents is 2. The quantitative estimate of drug-likeness (QED) is 0.0494. The Morgan fingerprint density at radius 3 is 2.71 bits per heavy atom. The molecule has 77 heavy (non-hydrogen) atoms. The molecule has 2 saturated carbocycles. The summed E-state index contributed by atoms with van der Waals surface area (Å²) < 4.78 is 33.0. The summed E-state index contributed by atoms with van der Waals surface area (Å²) in [7, 11) is 5.39. The number of benzene rings is 3. The molecule has 14 nitrogen and oxygen atoms in total. The Bertz CT molecular complexity index is 3050. The Morgan fingerprint density at radius 2 is 1.87 bits per heavy atom. The van der Waals surface area contributed by atoms with Gasteiger partial charge in [-0.05, 0) is 109 Å². The Labute approximate surface area is 459 Å². The predicted octanol–water partition coefficient (Wildman–Crippen LogP) is 7.71. The molecule has 6 heterocycles. The number of aliphatic hydroxyl groups is 2. The maximum Gasteiger partial charge on any atom is 0.302 e. The first-order valence-corrected chi connectivity index (χ1v) is 30.1. The molecule has 1 unspecified atom stereocenters. The number of aliphatic hydroxyl groups excluding tert-OH is 2. The van der Waals surface area contributed by atoms with Gasteiger partial charge in [0.1, 0.15) is 42.0 Å². The molecule has 6 bridgehead atoms. The Kier molecular flexibility index (Phi) is 15.1. The highest BCUT2D eigenvalue weighted by Gasteiger charge is 2.52. The Morgan fingerprint density at radius 1 is 0.987 bits per heavy atom. The number of esters is 1. The number of allylic oxidation sites excluding steroid dienone is 3. The number of carbonyl (C=O) groups excluding carboxylic acids is 1. The van der Waals surface area contributed by atoms with Crippen molar-refractivity contribution in [1.29, 1.82) is 0 Å². The van der Waals surface area contributed by atoms with E-state index in [0.717, 1.165) is 88.9 Å². The average Bonchev–Trinajstić information content (AvgIpc) is 4.08. The smallest absolute Gasteiger partial charge is 0.302 e. The van der Waals surface area contributed by atoms with Gasteiger partial charge in [0, 0.05) is 108 Å². The van der Waals surface area contributed by atoms with Gasteiger partial charge in [0.2, 0.25) is 0 Å². The molecule has 3 aromatic carbocycles. The molecule has 3 aromatic rings. The third-order valence-electron chi connectivity index (χ3n) is 17.9. The molecule has 1 saturated heterocycles. The summed E-state index contributed by atoms with van der Waals surface area (Å²) >= 11 is 0. The van der Waals surface area contributed by atoms with Crippen LogP contribution in [0.5, 0.6) is 28.7 Å². The van der Waals surface area contributed by atoms with E-state index < -0.39 is 42.3 Å². The maximum absolute atomic E-state index is 13.3. The standard InChI is InChI=1S/C61H70N4O10S2/c1-33(68)72-29-47-43-11-12-44-53-39(21-42(69)22-50(53)73-32-67)24-61-18-17-34(23-61)19-37-10-16-52(62)65-48(37)14-9-36-6-4-7-38(28-71-2)40(27-66)25-63-26-46-54(36)55(58(47)75-59(43)56(44)61)45-13-15-49-51(74-60(45)57(46)70)31-77-76-30-35-5-3-8-41(20-35)64-49/h10-13,15-16,21-22,34-36,38,40-41,47,49,51-52,58,63-67,69-70H,3,5,7-8,17-20,23-32,62H2,1-2H3/t34-,35-,36-,38-,40+,41-,47+,49+,51-,52?,58+,61-/m1/s1. The monoisotopic (exact) mass is 1080 g/mol. The number of methoxy groups -OCH3 is 1. The molecule has 12 rings (SSSR count). The van der Waals surface area contributed by atoms with Crippen molar-refractivity contribution in [2.24, 2.45) is 29.4 Å². The van der Waals surface area contributed by atoms with Gasteiger partial charge in [0.05, 0.1) is 30.4 Å². The number of phenols is 2. The van der Waals surface area contributed by atoms with Gasteiger partial charge in [-0.15, -0.1) is 5.92 Å². The molecule has 406 valence electrons. The Balaban J connectivity index is 1.15. The van der Waals surface area contributed by atoms with Crippen LogP contribution in [0.3, 0.4) is 0 Å². The number of hydrogen-bond acceptors (Lipinski definition) is 16. The fraction of sp³-hybridized carbons (Fsp3) is 0.525. The van der Waals surface area contributed by atoms with E-state index in [2.05, 4.69) is 70.0 Å². The van der Waals surface area contributed by atoms with E-state index in [1.807, 2.05) is 33.7 Å². The highest BCUT2D eigenvalue weighted by Crippen LogP contribution is 2.64. The number of hydrogen-bond donors (Lipinski definition) is 8. The van der Waals surface area contributed by atoms with E-state index in [9.17, 15) is 25.2 Å². The molecule has 9 aliphatic rings. The van der Waals surface area contributed by atoms with Crippen molar-refractivity contribution in [2.75, 3.05) is 51.8 Å². The molecule has 0 aromatic heterocycles. The zero-order valence-electron chi connectivity index (χ0n) is 43.8. The van der Waals surface area contributed by atoms with Crippen molar-refractivity contribution in [3.8, 4) is 63.6 Å². The number of nitrogens with one attached hydrogen (secondary N) is 3. The van der Waals surface area contributed by atoms with E-state index in [1.165, 1.54) is 19.8 Å². The van der Waals surface area contributed by atoms with E-state index in [1.54, 1.807) is 13.2 Å². The second-order valence-electron chi connectivity index (χ2n) is 22.7. The lowest BCUT2D eigenvalue weighted by Crippen LogP contribution is -2.49. The van der Waals surface area contributed by atoms with Crippen molar-refractivity contribution in [3.63, 3.8) is 0 Å². The molecule has 12 atom stereocenters. The van der Waals surface area contributed by atoms with Gasteiger partial charge >= 0.3 is 5.97 Å². The minimum atomic E-state index is -0.823. The van der Waals surface area contributed by atoms with Crippen LogP contribution in [-0.4, -0.2) is 103 Å². The zero-order valence-corrected chi connectivity index (χ0v) is 45.5. The van der Waals surface area contributed by atoms with Gasteiger partial charge in [-0.3, -0.25) is 4.79 Å². The molecule has 0 radical (unpaired) electrons. The first kappa shape index (κ1) is 52.4. The minimum absolute atomic E-state index is 0.00913. The van der Waals surface area contributed by atoms with Crippen molar-refractivity contribution in [1.82, 2.24) is 16.0 Å². The third-order valence-corrected chi connectivity index (χ3v) is 20.4. The number of rotatable bonds is 7. The molecule has 16 heteroatoms. The third kappa shape index (κ3) is 10.0. The number of fused-ring (bicyclic) bond motifs is 10. The maximum atomic E-state index is 13.3. The van der Waals surface area contributed by atoms with Gasteiger partial charge in [-0.1, -0.05) is 70.2 Å². The second-order valence-corrected chi connectivity index (χ2v) is 25.3. The fourth-order valence-electron chi connectivity index (χ4n) is 14.4. The highest BCUT2D eigenvalue weighted by molar-refractivity contribution is 8.76. The molecule has 6 aliphatic heterocycles. The van der Waals surface area contributed by atoms with E-state index >= 15 is 0 Å². The summed E-state index contributed by atoms with van der Waals surface area (Å²) in [6, 6.07) is 7.72. The molecule has 0 amide bonds. The van der Waals surface area contributed by atoms with E-state index in [-0.39, 0.29) is 61.2 Å². The summed E-state index contributed by atoms with van der Waals surface area (Å²) in [4.78, 5) is 13.1. The van der Waals surface area contributed by atoms with E-state index in [4.69, 9.17) is 29.4 Å². The van der Waals surface area contributed by atoms with Crippen LogP contribution in [0.25, 0.3) is 17.2 Å². The number of nitrogens with two attached hydrogens (primary N) is 1. The molecule has 3 aliphatic carbocycles. The van der Waals surface area contributed by atoms with Crippen LogP contribution in [0.2, 0.25) is 0 Å². The summed E-state index contributed by atoms with van der Waals surface area (Å²) in [5.74, 6) is 16.5. The van der Waals surface area contributed by atoms with Crippen LogP contribution in [-0.2, 0) is 32.6 Å². The number of aromatic hydroxyl groups is 2. The first-order chi connectivity index (χ1) is 37.5. The van der Waals surface area contributed by atoms with Gasteiger partial charge in [0.25, 0.3) is 0 Å². The van der Waals surface area contributed by atoms with Crippen LogP contribution in [0.4, 0.5) is 0 Å². The fourth-order valence-corrected chi connectivity index (χ4v) is 17.0. The van der Waals surface area contributed by atoms with E-state index in [0.29, 0.717) is 77.6 Å². The van der Waals surface area contributed by atoms with Crippen LogP contribution >= 0.6 is 21.6 Å². The number of ether oxygens (including phenoxy) is 5. The Hall–Kier alpha value is -5.27. The lowest BCUT2D eigenvalue weighted by atomic mass is 9.65. The van der Waals surface area contributed by atoms with Gasteiger partial charge in [-0.25, -0.2) is 0 Å². The summed E-state index contributed by atoms with van der Waals surface area (Å²) in [6.07, 6.45) is 15.6. The summed E-state index contributed by atoms with van der Waals surface area (Å²) in [5, 5.41) is 56.7. The first-order valence-electron chi connectivity index (χ1n) is 27.6. The minimum Gasteiger partial charge on any atom is -0.508 e. The summed E-state index contributed by atoms with van der Waals surface area (Å²) in [5.41, 5.74) is 15.1. The topological polar surface area (TPSA) is 206 Å². The molecular formula is C61H70N4O10S2. The SMILES string of the molecule is COC[C@H]1CC#C[C@@H]2C#CC3=C(C=CC(N)N3)C[C@H]3CC[C@]4(Cc5cc(O)cc(OCO)c5-c5ccc6c(c54)O[C@H](c4c5c(c(O)c(c42)CNC[C@H]1CO)O[C@@H]1CSSC[C@@H]2CCC[C@H](C2)N[C@H]1C=C5)[C@H]6COC(C)=O)C3. The number of carbonyl (C=O) groups is 1. The lowest BCUT2D eigenvalue weighted by molar-refractivity contribution is -0.141. The molecule has 1 spiro atoms. The van der Waals surface area contributed by atoms with Crippen molar-refractivity contribution >= 4 is 33.6 Å². The average molecular weight is 1080 g/mol. The van der Waals surface area contributed by atoms with Crippen molar-refractivity contribution in [2.45, 2.75) is 125 Å². The molecule has 3 fully saturated rings. The van der Waals surface area contributed by atoms with Crippen molar-refractivity contribution < 1.29 is 48.9 Å². The highest BCUT2D eigenvalue weighted by atomic mass is 33.1. The van der Waals surface area contributed by atoms with Crippen LogP contribution < -0.4 is 35.9 Å². The van der Waals surface area contributed by atoms with Crippen LogP contribution in [0.15, 0.2) is 53.8 Å². The number of dihydropyridines is 1. The normalized spacial score (nSPS) is 31.5. The van der Waals surface area contributed by atoms with Gasteiger partial charge in [0.15, 0.2) is 18.3 Å². The largest absolute Gasteiger partial charge is 0.508 e.